The first-order valence-corrected chi connectivity index (χ1v) is 6.54. The molecule has 0 radical (unpaired) electrons. The molecule has 19 heavy (non-hydrogen) atoms. The monoisotopic (exact) mass is 272 g/mol. The Bertz CT molecular complexity index is 351. The van der Waals surface area contributed by atoms with Crippen LogP contribution in [0.15, 0.2) is 0 Å². The van der Waals surface area contributed by atoms with Crippen molar-refractivity contribution in [2.24, 2.45) is 11.7 Å². The summed E-state index contributed by atoms with van der Waals surface area (Å²) in [6, 6.07) is -0.607. The summed E-state index contributed by atoms with van der Waals surface area (Å²) in [6.45, 7) is 7.60. The van der Waals surface area contributed by atoms with Crippen molar-refractivity contribution in [3.05, 3.63) is 0 Å². The molecule has 110 valence electrons. The minimum atomic E-state index is -0.567. The number of carbonyl (C=O) groups is 2. The van der Waals surface area contributed by atoms with Crippen molar-refractivity contribution in [3.63, 3.8) is 0 Å². The number of esters is 1. The van der Waals surface area contributed by atoms with Gasteiger partial charge in [0.25, 0.3) is 0 Å². The Balaban J connectivity index is 2.83. The quantitative estimate of drug-likeness (QED) is 0.762. The third-order valence-corrected chi connectivity index (χ3v) is 3.25. The molecule has 1 aliphatic rings. The molecule has 1 saturated heterocycles. The van der Waals surface area contributed by atoms with Crippen molar-refractivity contribution in [3.8, 4) is 0 Å². The highest BCUT2D eigenvalue weighted by molar-refractivity contribution is 5.77. The van der Waals surface area contributed by atoms with Gasteiger partial charge in [0.2, 0.25) is 0 Å². The summed E-state index contributed by atoms with van der Waals surface area (Å²) in [7, 11) is 1.33. The molecule has 1 rings (SSSR count). The molecule has 6 nitrogen and oxygen atoms in total. The highest BCUT2D eigenvalue weighted by Gasteiger charge is 2.46. The van der Waals surface area contributed by atoms with Crippen LogP contribution in [0.25, 0.3) is 0 Å². The number of ether oxygens (including phenoxy) is 2. The lowest BCUT2D eigenvalue weighted by atomic mass is 9.98. The van der Waals surface area contributed by atoms with Crippen molar-refractivity contribution in [1.82, 2.24) is 4.90 Å². The van der Waals surface area contributed by atoms with Gasteiger partial charge in [-0.05, 0) is 27.2 Å². The summed E-state index contributed by atoms with van der Waals surface area (Å²) in [5.41, 5.74) is 5.49. The molecule has 1 aliphatic heterocycles. The van der Waals surface area contributed by atoms with E-state index in [1.165, 1.54) is 12.0 Å². The van der Waals surface area contributed by atoms with Crippen molar-refractivity contribution in [2.45, 2.75) is 51.8 Å². The Morgan fingerprint density at radius 2 is 1.95 bits per heavy atom. The Hall–Kier alpha value is -1.30. The smallest absolute Gasteiger partial charge is 0.410 e. The number of nitrogens with zero attached hydrogens (tertiary/aromatic N) is 1. The average Bonchev–Trinajstić information content (AvgIpc) is 2.63. The van der Waals surface area contributed by atoms with Crippen molar-refractivity contribution in [2.75, 3.05) is 13.7 Å². The van der Waals surface area contributed by atoms with Crippen molar-refractivity contribution in [1.29, 1.82) is 0 Å². The second kappa shape index (κ2) is 5.77. The summed E-state index contributed by atoms with van der Waals surface area (Å²) in [5.74, 6) is -0.862. The molecule has 0 aromatic rings. The average molecular weight is 272 g/mol. The standard InChI is InChI=1S/C13H24N2O4/c1-6-9-10(14)8(11(16)18-5)7-15(9)12(17)19-13(2,3)4/h8-10H,6-7,14H2,1-5H3. The predicted molar refractivity (Wildman–Crippen MR) is 70.5 cm³/mol. The molecule has 3 atom stereocenters. The van der Waals surface area contributed by atoms with E-state index in [0.29, 0.717) is 6.42 Å². The molecular formula is C13H24N2O4. The van der Waals surface area contributed by atoms with E-state index in [1.54, 1.807) is 20.8 Å². The van der Waals surface area contributed by atoms with E-state index >= 15 is 0 Å². The first kappa shape index (κ1) is 15.8. The molecule has 6 heteroatoms. The molecule has 0 saturated carbocycles. The minimum Gasteiger partial charge on any atom is -0.469 e. The number of nitrogens with two attached hydrogens (primary N) is 1. The lowest BCUT2D eigenvalue weighted by molar-refractivity contribution is -0.145. The van der Waals surface area contributed by atoms with Gasteiger partial charge in [-0.15, -0.1) is 0 Å². The minimum absolute atomic E-state index is 0.195. The number of methoxy groups -OCH3 is 1. The van der Waals surface area contributed by atoms with E-state index in [2.05, 4.69) is 0 Å². The molecular weight excluding hydrogens is 248 g/mol. The zero-order valence-electron chi connectivity index (χ0n) is 12.3. The molecule has 1 heterocycles. The van der Waals surface area contributed by atoms with Gasteiger partial charge in [-0.1, -0.05) is 6.92 Å². The summed E-state index contributed by atoms with van der Waals surface area (Å²) in [5, 5.41) is 0. The van der Waals surface area contributed by atoms with Gasteiger partial charge in [-0.3, -0.25) is 4.79 Å². The first-order valence-electron chi connectivity index (χ1n) is 6.54. The van der Waals surface area contributed by atoms with Gasteiger partial charge in [0.15, 0.2) is 0 Å². The Kier molecular flexibility index (Phi) is 4.79. The lowest BCUT2D eigenvalue weighted by Gasteiger charge is -2.29. The van der Waals surface area contributed by atoms with Crippen LogP contribution in [0.4, 0.5) is 4.79 Å². The number of likely N-dealkylation sites (tertiary alicyclic amines) is 1. The van der Waals surface area contributed by atoms with Crippen LogP contribution in [0.3, 0.4) is 0 Å². The number of hydrogen-bond acceptors (Lipinski definition) is 5. The van der Waals surface area contributed by atoms with Gasteiger partial charge < -0.3 is 20.1 Å². The zero-order valence-corrected chi connectivity index (χ0v) is 12.3. The fourth-order valence-electron chi connectivity index (χ4n) is 2.35. The largest absolute Gasteiger partial charge is 0.469 e. The molecule has 0 bridgehead atoms. The van der Waals surface area contributed by atoms with E-state index in [4.69, 9.17) is 15.2 Å². The number of amides is 1. The van der Waals surface area contributed by atoms with Gasteiger partial charge in [0, 0.05) is 12.6 Å². The summed E-state index contributed by atoms with van der Waals surface area (Å²) in [6.07, 6.45) is 0.245. The molecule has 1 amide bonds. The van der Waals surface area contributed by atoms with E-state index in [9.17, 15) is 9.59 Å². The van der Waals surface area contributed by atoms with Crippen LogP contribution >= 0.6 is 0 Å². The van der Waals surface area contributed by atoms with Gasteiger partial charge in [-0.25, -0.2) is 4.79 Å². The molecule has 3 unspecified atom stereocenters. The summed E-state index contributed by atoms with van der Waals surface area (Å²) >= 11 is 0. The van der Waals surface area contributed by atoms with Crippen LogP contribution in [0.1, 0.15) is 34.1 Å². The Labute approximate surface area is 114 Å². The van der Waals surface area contributed by atoms with Crippen LogP contribution in [0.5, 0.6) is 0 Å². The van der Waals surface area contributed by atoms with Crippen LogP contribution in [-0.4, -0.2) is 48.3 Å². The number of hydrogen-bond donors (Lipinski definition) is 1. The van der Waals surface area contributed by atoms with Gasteiger partial charge in [0.1, 0.15) is 5.60 Å². The topological polar surface area (TPSA) is 81.9 Å². The fourth-order valence-corrected chi connectivity index (χ4v) is 2.35. The van der Waals surface area contributed by atoms with E-state index in [-0.39, 0.29) is 18.6 Å². The Morgan fingerprint density at radius 3 is 2.37 bits per heavy atom. The van der Waals surface area contributed by atoms with Crippen LogP contribution in [0.2, 0.25) is 0 Å². The predicted octanol–water partition coefficient (Wildman–Crippen LogP) is 1.13. The highest BCUT2D eigenvalue weighted by atomic mass is 16.6. The lowest BCUT2D eigenvalue weighted by Crippen LogP contribution is -2.45. The summed E-state index contributed by atoms with van der Waals surface area (Å²) in [4.78, 5) is 25.3. The third-order valence-electron chi connectivity index (χ3n) is 3.25. The molecule has 0 spiro atoms. The van der Waals surface area contributed by atoms with Crippen LogP contribution < -0.4 is 5.73 Å². The molecule has 1 fully saturated rings. The third kappa shape index (κ3) is 3.59. The van der Waals surface area contributed by atoms with Gasteiger partial charge in [-0.2, -0.15) is 0 Å². The molecule has 2 N–H and O–H groups in total. The summed E-state index contributed by atoms with van der Waals surface area (Å²) < 4.78 is 10.1. The number of rotatable bonds is 2. The first-order chi connectivity index (χ1) is 8.71. The second-order valence-corrected chi connectivity index (χ2v) is 5.82. The van der Waals surface area contributed by atoms with E-state index < -0.39 is 23.7 Å². The van der Waals surface area contributed by atoms with Crippen molar-refractivity contribution < 1.29 is 19.1 Å². The maximum atomic E-state index is 12.1. The Morgan fingerprint density at radius 1 is 1.37 bits per heavy atom. The maximum Gasteiger partial charge on any atom is 0.410 e. The van der Waals surface area contributed by atoms with Crippen LogP contribution in [-0.2, 0) is 14.3 Å². The molecule has 0 aromatic carbocycles. The van der Waals surface area contributed by atoms with E-state index in [0.717, 1.165) is 0 Å². The zero-order chi connectivity index (χ0) is 14.8. The second-order valence-electron chi connectivity index (χ2n) is 5.82. The highest BCUT2D eigenvalue weighted by Crippen LogP contribution is 2.27. The maximum absolute atomic E-state index is 12.1. The van der Waals surface area contributed by atoms with Crippen LogP contribution in [0, 0.1) is 5.92 Å². The van der Waals surface area contributed by atoms with Crippen molar-refractivity contribution >= 4 is 12.1 Å². The van der Waals surface area contributed by atoms with Gasteiger partial charge >= 0.3 is 12.1 Å². The molecule has 0 aliphatic carbocycles. The van der Waals surface area contributed by atoms with E-state index in [1.807, 2.05) is 6.92 Å². The SMILES string of the molecule is CCC1C(N)C(C(=O)OC)CN1C(=O)OC(C)(C)C. The van der Waals surface area contributed by atoms with Gasteiger partial charge in [0.05, 0.1) is 19.1 Å². The number of carbonyl (C=O) groups excluding carboxylic acids is 2. The fraction of sp³-hybridized carbons (Fsp3) is 0.846. The molecule has 0 aromatic heterocycles. The normalized spacial score (nSPS) is 27.3.